The predicted molar refractivity (Wildman–Crippen MR) is 88.8 cm³/mol. The summed E-state index contributed by atoms with van der Waals surface area (Å²) in [6.07, 6.45) is 2.41. The minimum absolute atomic E-state index is 0.152. The van der Waals surface area contributed by atoms with Gasteiger partial charge in [-0.1, -0.05) is 6.92 Å². The summed E-state index contributed by atoms with van der Waals surface area (Å²) in [7, 11) is 1.78. The van der Waals surface area contributed by atoms with E-state index in [4.69, 9.17) is 9.47 Å². The summed E-state index contributed by atoms with van der Waals surface area (Å²) < 4.78 is 11.2. The third-order valence-corrected chi connectivity index (χ3v) is 4.37. The number of hydrogen-bond acceptors (Lipinski definition) is 4. The Labute approximate surface area is 131 Å². The molecule has 0 aromatic heterocycles. The molecular weight excluding hydrogens is 264 g/mol. The fourth-order valence-corrected chi connectivity index (χ4v) is 3.04. The molecule has 21 heavy (non-hydrogen) atoms. The summed E-state index contributed by atoms with van der Waals surface area (Å²) in [4.78, 5) is 2.53. The van der Waals surface area contributed by atoms with Crippen molar-refractivity contribution in [1.82, 2.24) is 10.2 Å². The van der Waals surface area contributed by atoms with Gasteiger partial charge in [-0.05, 0) is 47.1 Å². The number of methoxy groups -OCH3 is 1. The van der Waals surface area contributed by atoms with Crippen LogP contribution in [0.25, 0.3) is 0 Å². The maximum Gasteiger partial charge on any atom is 0.0615 e. The van der Waals surface area contributed by atoms with Gasteiger partial charge >= 0.3 is 0 Å². The van der Waals surface area contributed by atoms with Crippen molar-refractivity contribution in [3.63, 3.8) is 0 Å². The zero-order chi connectivity index (χ0) is 15.9. The SMILES string of the molecule is CCN(CC1(CNC(C)(C)C)CCCOC1)C(C)COC. The van der Waals surface area contributed by atoms with E-state index in [-0.39, 0.29) is 11.0 Å². The molecule has 1 heterocycles. The molecule has 4 nitrogen and oxygen atoms in total. The smallest absolute Gasteiger partial charge is 0.0615 e. The van der Waals surface area contributed by atoms with Crippen molar-refractivity contribution in [3.05, 3.63) is 0 Å². The van der Waals surface area contributed by atoms with Crippen molar-refractivity contribution in [2.75, 3.05) is 46.6 Å². The van der Waals surface area contributed by atoms with Gasteiger partial charge in [0, 0.05) is 43.8 Å². The number of nitrogens with zero attached hydrogens (tertiary/aromatic N) is 1. The largest absolute Gasteiger partial charge is 0.383 e. The number of ether oxygens (including phenoxy) is 2. The molecule has 0 amide bonds. The maximum atomic E-state index is 5.84. The number of hydrogen-bond donors (Lipinski definition) is 1. The van der Waals surface area contributed by atoms with Crippen molar-refractivity contribution in [1.29, 1.82) is 0 Å². The van der Waals surface area contributed by atoms with E-state index in [0.29, 0.717) is 6.04 Å². The summed E-state index contributed by atoms with van der Waals surface area (Å²) in [5.41, 5.74) is 0.378. The Morgan fingerprint density at radius 1 is 1.38 bits per heavy atom. The van der Waals surface area contributed by atoms with Crippen molar-refractivity contribution in [2.24, 2.45) is 5.41 Å². The van der Waals surface area contributed by atoms with Crippen LogP contribution in [0.2, 0.25) is 0 Å². The fourth-order valence-electron chi connectivity index (χ4n) is 3.04. The van der Waals surface area contributed by atoms with Crippen molar-refractivity contribution < 1.29 is 9.47 Å². The third-order valence-electron chi connectivity index (χ3n) is 4.37. The molecule has 0 aromatic rings. The lowest BCUT2D eigenvalue weighted by Gasteiger charge is -2.43. The highest BCUT2D eigenvalue weighted by atomic mass is 16.5. The summed E-state index contributed by atoms with van der Waals surface area (Å²) in [5, 5.41) is 3.69. The molecule has 1 rings (SSSR count). The average molecular weight is 300 g/mol. The zero-order valence-corrected chi connectivity index (χ0v) is 15.0. The Hall–Kier alpha value is -0.160. The molecule has 0 aliphatic carbocycles. The summed E-state index contributed by atoms with van der Waals surface area (Å²) >= 11 is 0. The standard InChI is InChI=1S/C17H36N2O2/c1-7-19(15(2)11-20-6)13-17(9-8-10-21-14-17)12-18-16(3,4)5/h15,18H,7-14H2,1-6H3. The van der Waals surface area contributed by atoms with Crippen molar-refractivity contribution in [3.8, 4) is 0 Å². The number of likely N-dealkylation sites (N-methyl/N-ethyl adjacent to an activating group) is 1. The van der Waals surface area contributed by atoms with E-state index in [9.17, 15) is 0 Å². The van der Waals surface area contributed by atoms with Crippen LogP contribution in [0.3, 0.4) is 0 Å². The molecule has 0 aromatic carbocycles. The first kappa shape index (κ1) is 18.9. The zero-order valence-electron chi connectivity index (χ0n) is 15.0. The van der Waals surface area contributed by atoms with E-state index in [1.54, 1.807) is 7.11 Å². The van der Waals surface area contributed by atoms with Crippen LogP contribution in [0, 0.1) is 5.41 Å². The topological polar surface area (TPSA) is 33.7 Å². The number of rotatable bonds is 8. The summed E-state index contributed by atoms with van der Waals surface area (Å²) in [6.45, 7) is 16.9. The van der Waals surface area contributed by atoms with Gasteiger partial charge in [0.25, 0.3) is 0 Å². The van der Waals surface area contributed by atoms with Gasteiger partial charge in [-0.15, -0.1) is 0 Å². The van der Waals surface area contributed by atoms with E-state index in [1.165, 1.54) is 12.8 Å². The Bertz CT molecular complexity index is 283. The lowest BCUT2D eigenvalue weighted by molar-refractivity contribution is -0.0385. The van der Waals surface area contributed by atoms with Gasteiger partial charge in [0.2, 0.25) is 0 Å². The highest BCUT2D eigenvalue weighted by Crippen LogP contribution is 2.30. The second-order valence-corrected chi connectivity index (χ2v) is 7.63. The monoisotopic (exact) mass is 300 g/mol. The first-order valence-electron chi connectivity index (χ1n) is 8.38. The molecule has 0 radical (unpaired) electrons. The highest BCUT2D eigenvalue weighted by Gasteiger charge is 2.36. The van der Waals surface area contributed by atoms with Gasteiger partial charge in [0.1, 0.15) is 0 Å². The Balaban J connectivity index is 2.71. The van der Waals surface area contributed by atoms with E-state index in [0.717, 1.165) is 39.5 Å². The van der Waals surface area contributed by atoms with Crippen LogP contribution in [-0.4, -0.2) is 63.0 Å². The first-order valence-corrected chi connectivity index (χ1v) is 8.38. The minimum Gasteiger partial charge on any atom is -0.383 e. The second-order valence-electron chi connectivity index (χ2n) is 7.63. The van der Waals surface area contributed by atoms with Crippen LogP contribution in [-0.2, 0) is 9.47 Å². The molecule has 1 aliphatic rings. The second kappa shape index (κ2) is 8.47. The Kier molecular flexibility index (Phi) is 7.62. The summed E-state index contributed by atoms with van der Waals surface area (Å²) in [6, 6.07) is 0.452. The number of nitrogens with one attached hydrogen (secondary N) is 1. The molecule has 0 bridgehead atoms. The van der Waals surface area contributed by atoms with Gasteiger partial charge in [-0.25, -0.2) is 0 Å². The molecule has 4 heteroatoms. The first-order chi connectivity index (χ1) is 9.82. The van der Waals surface area contributed by atoms with Gasteiger partial charge in [0.05, 0.1) is 13.2 Å². The minimum atomic E-state index is 0.152. The van der Waals surface area contributed by atoms with Crippen LogP contribution in [0.5, 0.6) is 0 Å². The van der Waals surface area contributed by atoms with E-state index in [2.05, 4.69) is 44.8 Å². The average Bonchev–Trinajstić information content (AvgIpc) is 2.43. The van der Waals surface area contributed by atoms with Gasteiger partial charge in [0.15, 0.2) is 0 Å². The van der Waals surface area contributed by atoms with Crippen LogP contribution < -0.4 is 5.32 Å². The van der Waals surface area contributed by atoms with Crippen LogP contribution in [0.4, 0.5) is 0 Å². The third kappa shape index (κ3) is 6.64. The molecule has 1 N–H and O–H groups in total. The Morgan fingerprint density at radius 3 is 2.57 bits per heavy atom. The van der Waals surface area contributed by atoms with Crippen molar-refractivity contribution >= 4 is 0 Å². The lowest BCUT2D eigenvalue weighted by Crippen LogP contribution is -2.54. The van der Waals surface area contributed by atoms with Gasteiger partial charge in [-0.3, -0.25) is 4.90 Å². The molecule has 1 saturated heterocycles. The predicted octanol–water partition coefficient (Wildman–Crippen LogP) is 2.53. The van der Waals surface area contributed by atoms with Crippen LogP contribution in [0.15, 0.2) is 0 Å². The van der Waals surface area contributed by atoms with Gasteiger partial charge < -0.3 is 14.8 Å². The van der Waals surface area contributed by atoms with Gasteiger partial charge in [-0.2, -0.15) is 0 Å². The van der Waals surface area contributed by atoms with Crippen LogP contribution >= 0.6 is 0 Å². The molecule has 2 atom stereocenters. The molecule has 0 spiro atoms. The molecule has 2 unspecified atom stereocenters. The highest BCUT2D eigenvalue weighted by molar-refractivity contribution is 4.90. The molecular formula is C17H36N2O2. The quantitative estimate of drug-likeness (QED) is 0.747. The molecule has 1 aliphatic heterocycles. The van der Waals surface area contributed by atoms with E-state index >= 15 is 0 Å². The molecule has 1 fully saturated rings. The van der Waals surface area contributed by atoms with E-state index in [1.807, 2.05) is 0 Å². The fraction of sp³-hybridized carbons (Fsp3) is 1.00. The summed E-state index contributed by atoms with van der Waals surface area (Å²) in [5.74, 6) is 0. The van der Waals surface area contributed by atoms with Crippen LogP contribution in [0.1, 0.15) is 47.5 Å². The Morgan fingerprint density at radius 2 is 2.10 bits per heavy atom. The molecule has 0 saturated carbocycles. The normalized spacial score (nSPS) is 25.3. The molecule has 126 valence electrons. The maximum absolute atomic E-state index is 5.84. The van der Waals surface area contributed by atoms with E-state index < -0.39 is 0 Å². The van der Waals surface area contributed by atoms with Crippen molar-refractivity contribution in [2.45, 2.75) is 59.0 Å². The lowest BCUT2D eigenvalue weighted by atomic mass is 9.80.